The summed E-state index contributed by atoms with van der Waals surface area (Å²) in [6.45, 7) is 4.56. The molecule has 1 aromatic carbocycles. The molecule has 0 aliphatic heterocycles. The third-order valence-electron chi connectivity index (χ3n) is 3.81. The van der Waals surface area contributed by atoms with Crippen LogP contribution in [0.4, 0.5) is 4.79 Å². The van der Waals surface area contributed by atoms with Gasteiger partial charge in [0.05, 0.1) is 15.6 Å². The third kappa shape index (κ3) is 4.18. The highest BCUT2D eigenvalue weighted by molar-refractivity contribution is 6.42. The fourth-order valence-corrected chi connectivity index (χ4v) is 2.85. The summed E-state index contributed by atoms with van der Waals surface area (Å²) < 4.78 is 5.63. The molecule has 0 spiro atoms. The van der Waals surface area contributed by atoms with Crippen molar-refractivity contribution in [2.45, 2.75) is 20.0 Å². The number of nitrogens with zero attached hydrogens (tertiary/aromatic N) is 3. The Kier molecular flexibility index (Phi) is 6.67. The predicted octanol–water partition coefficient (Wildman–Crippen LogP) is 4.53. The van der Waals surface area contributed by atoms with Crippen LogP contribution in [0.5, 0.6) is 5.75 Å². The Morgan fingerprint density at radius 1 is 1.35 bits per heavy atom. The van der Waals surface area contributed by atoms with Crippen molar-refractivity contribution in [1.82, 2.24) is 9.88 Å². The Labute approximate surface area is 161 Å². The van der Waals surface area contributed by atoms with E-state index in [1.54, 1.807) is 6.07 Å². The summed E-state index contributed by atoms with van der Waals surface area (Å²) in [5, 5.41) is 19.7. The minimum absolute atomic E-state index is 0.0688. The number of phenols is 1. The zero-order valence-electron chi connectivity index (χ0n) is 14.2. The summed E-state index contributed by atoms with van der Waals surface area (Å²) in [5.74, 6) is -0.174. The maximum atomic E-state index is 12.5. The molecule has 0 radical (unpaired) electrons. The van der Waals surface area contributed by atoms with E-state index in [4.69, 9.17) is 33.2 Å². The first-order chi connectivity index (χ1) is 12.4. The second-order valence-electron chi connectivity index (χ2n) is 5.32. The van der Waals surface area contributed by atoms with E-state index in [2.05, 4.69) is 4.98 Å². The van der Waals surface area contributed by atoms with E-state index in [0.29, 0.717) is 18.7 Å². The van der Waals surface area contributed by atoms with Crippen LogP contribution in [-0.4, -0.2) is 34.2 Å². The molecule has 2 aromatic rings. The summed E-state index contributed by atoms with van der Waals surface area (Å²) in [6.07, 6.45) is -0.211. The maximum absolute atomic E-state index is 12.5. The van der Waals surface area contributed by atoms with Crippen LogP contribution in [0.15, 0.2) is 30.5 Å². The SMILES string of the molecule is CCN(CC)C(=O)OC(c1ccnc(C#N)c1)c1c(O)ccc(Cl)c1Cl. The summed E-state index contributed by atoms with van der Waals surface area (Å²) in [5.41, 5.74) is 0.732. The Morgan fingerprint density at radius 2 is 2.04 bits per heavy atom. The highest BCUT2D eigenvalue weighted by Gasteiger charge is 2.28. The number of carbonyl (C=O) groups excluding carboxylic acids is 1. The van der Waals surface area contributed by atoms with Gasteiger partial charge in [-0.15, -0.1) is 0 Å². The normalized spacial score (nSPS) is 11.5. The van der Waals surface area contributed by atoms with Crippen LogP contribution >= 0.6 is 23.2 Å². The summed E-state index contributed by atoms with van der Waals surface area (Å²) in [6, 6.07) is 7.79. The van der Waals surface area contributed by atoms with Gasteiger partial charge >= 0.3 is 6.09 Å². The minimum atomic E-state index is -1.05. The molecule has 0 bridgehead atoms. The number of benzene rings is 1. The van der Waals surface area contributed by atoms with Crippen molar-refractivity contribution in [2.24, 2.45) is 0 Å². The minimum Gasteiger partial charge on any atom is -0.507 e. The van der Waals surface area contributed by atoms with Crippen LogP contribution in [0.25, 0.3) is 0 Å². The Morgan fingerprint density at radius 3 is 2.65 bits per heavy atom. The molecule has 0 aliphatic rings. The van der Waals surface area contributed by atoms with Gasteiger partial charge in [0.1, 0.15) is 17.5 Å². The van der Waals surface area contributed by atoms with Crippen LogP contribution in [0.3, 0.4) is 0 Å². The lowest BCUT2D eigenvalue weighted by atomic mass is 10.0. The number of aromatic hydroxyl groups is 1. The van der Waals surface area contributed by atoms with E-state index in [1.807, 2.05) is 19.9 Å². The maximum Gasteiger partial charge on any atom is 0.410 e. The number of aromatic nitrogens is 1. The van der Waals surface area contributed by atoms with E-state index < -0.39 is 12.2 Å². The first kappa shape index (κ1) is 19.8. The van der Waals surface area contributed by atoms with Crippen LogP contribution in [0.2, 0.25) is 10.0 Å². The molecule has 1 unspecified atom stereocenters. The van der Waals surface area contributed by atoms with Gasteiger partial charge < -0.3 is 14.7 Å². The molecule has 2 rings (SSSR count). The standard InChI is InChI=1S/C18H17Cl2N3O3/c1-3-23(4-2)18(25)26-17(11-7-8-22-12(9-11)10-21)15-14(24)6-5-13(19)16(15)20/h5-9,17,24H,3-4H2,1-2H3. The van der Waals surface area contributed by atoms with Gasteiger partial charge in [0.2, 0.25) is 0 Å². The van der Waals surface area contributed by atoms with Crippen LogP contribution < -0.4 is 0 Å². The van der Waals surface area contributed by atoms with Crippen molar-refractivity contribution in [3.8, 4) is 11.8 Å². The molecule has 136 valence electrons. The van der Waals surface area contributed by atoms with Gasteiger partial charge in [-0.1, -0.05) is 23.2 Å². The van der Waals surface area contributed by atoms with Crippen molar-refractivity contribution in [3.63, 3.8) is 0 Å². The first-order valence-corrected chi connectivity index (χ1v) is 8.66. The fourth-order valence-electron chi connectivity index (χ4n) is 2.43. The number of pyridine rings is 1. The monoisotopic (exact) mass is 393 g/mol. The van der Waals surface area contributed by atoms with Crippen molar-refractivity contribution >= 4 is 29.3 Å². The van der Waals surface area contributed by atoms with Crippen LogP contribution in [0, 0.1) is 11.3 Å². The summed E-state index contributed by atoms with van der Waals surface area (Å²) in [7, 11) is 0. The average Bonchev–Trinajstić information content (AvgIpc) is 2.65. The molecule has 1 aromatic heterocycles. The molecule has 8 heteroatoms. The summed E-state index contributed by atoms with van der Waals surface area (Å²) in [4.78, 5) is 17.9. The molecule has 0 aliphatic carbocycles. The number of rotatable bonds is 5. The smallest absolute Gasteiger partial charge is 0.410 e. The van der Waals surface area contributed by atoms with Crippen molar-refractivity contribution in [3.05, 3.63) is 57.3 Å². The van der Waals surface area contributed by atoms with Gasteiger partial charge in [0.25, 0.3) is 0 Å². The van der Waals surface area contributed by atoms with E-state index in [-0.39, 0.29) is 27.1 Å². The number of hydrogen-bond acceptors (Lipinski definition) is 5. The van der Waals surface area contributed by atoms with Gasteiger partial charge in [0.15, 0.2) is 6.10 Å². The molecule has 6 nitrogen and oxygen atoms in total. The van der Waals surface area contributed by atoms with Gasteiger partial charge in [0, 0.05) is 24.8 Å². The Hall–Kier alpha value is -2.49. The van der Waals surface area contributed by atoms with Crippen molar-refractivity contribution in [2.75, 3.05) is 13.1 Å². The van der Waals surface area contributed by atoms with Gasteiger partial charge in [-0.3, -0.25) is 0 Å². The second-order valence-corrected chi connectivity index (χ2v) is 6.10. The molecule has 1 atom stereocenters. The molecule has 1 heterocycles. The molecular formula is C18H17Cl2N3O3. The topological polar surface area (TPSA) is 86.5 Å². The molecule has 26 heavy (non-hydrogen) atoms. The van der Waals surface area contributed by atoms with Gasteiger partial charge in [-0.05, 0) is 38.1 Å². The first-order valence-electron chi connectivity index (χ1n) is 7.91. The quantitative estimate of drug-likeness (QED) is 0.805. The van der Waals surface area contributed by atoms with E-state index in [9.17, 15) is 9.90 Å². The lowest BCUT2D eigenvalue weighted by Crippen LogP contribution is -2.32. The number of ether oxygens (including phenoxy) is 1. The van der Waals surface area contributed by atoms with Crippen molar-refractivity contribution in [1.29, 1.82) is 5.26 Å². The molecule has 0 saturated carbocycles. The lowest BCUT2D eigenvalue weighted by molar-refractivity contribution is 0.0796. The average molecular weight is 394 g/mol. The number of nitriles is 1. The number of amides is 1. The highest BCUT2D eigenvalue weighted by atomic mass is 35.5. The third-order valence-corrected chi connectivity index (χ3v) is 4.63. The number of hydrogen-bond donors (Lipinski definition) is 1. The fraction of sp³-hybridized carbons (Fsp3) is 0.278. The van der Waals surface area contributed by atoms with E-state index in [1.165, 1.54) is 29.3 Å². The Bertz CT molecular complexity index is 848. The zero-order chi connectivity index (χ0) is 19.3. The lowest BCUT2D eigenvalue weighted by Gasteiger charge is -2.25. The number of phenolic OH excluding ortho intramolecular Hbond substituents is 1. The Balaban J connectivity index is 2.58. The molecule has 1 N–H and O–H groups in total. The van der Waals surface area contributed by atoms with Gasteiger partial charge in [-0.25, -0.2) is 9.78 Å². The zero-order valence-corrected chi connectivity index (χ0v) is 15.8. The highest BCUT2D eigenvalue weighted by Crippen LogP contribution is 2.41. The van der Waals surface area contributed by atoms with Crippen LogP contribution in [-0.2, 0) is 4.74 Å². The van der Waals surface area contributed by atoms with Crippen molar-refractivity contribution < 1.29 is 14.6 Å². The second kappa shape index (κ2) is 8.75. The summed E-state index contributed by atoms with van der Waals surface area (Å²) >= 11 is 12.3. The molecule has 0 fully saturated rings. The number of halogens is 2. The molecular weight excluding hydrogens is 377 g/mol. The predicted molar refractivity (Wildman–Crippen MR) is 98.3 cm³/mol. The number of carbonyl (C=O) groups is 1. The van der Waals surface area contributed by atoms with Crippen LogP contribution in [0.1, 0.15) is 36.8 Å². The molecule has 1 amide bonds. The van der Waals surface area contributed by atoms with E-state index >= 15 is 0 Å². The van der Waals surface area contributed by atoms with Gasteiger partial charge in [-0.2, -0.15) is 5.26 Å². The largest absolute Gasteiger partial charge is 0.507 e. The van der Waals surface area contributed by atoms with E-state index in [0.717, 1.165) is 0 Å². The molecule has 0 saturated heterocycles.